The molecule has 0 fully saturated rings. The molecule has 3 heteroatoms. The molecule has 2 atom stereocenters. The molecule has 0 radical (unpaired) electrons. The summed E-state index contributed by atoms with van der Waals surface area (Å²) in [6, 6.07) is 4.73. The van der Waals surface area contributed by atoms with E-state index in [0.717, 1.165) is 6.54 Å². The standard InChI is InChI=1S/C11H19NOS/c1-8-5-6-11(14-8)7-12-9(2)10(3)13-4/h5-6,9-10,12H,7H2,1-4H3. The van der Waals surface area contributed by atoms with E-state index < -0.39 is 0 Å². The van der Waals surface area contributed by atoms with Crippen molar-refractivity contribution in [1.82, 2.24) is 5.32 Å². The lowest BCUT2D eigenvalue weighted by Crippen LogP contribution is -2.35. The zero-order chi connectivity index (χ0) is 10.6. The summed E-state index contributed by atoms with van der Waals surface area (Å²) in [5.74, 6) is 0. The molecule has 1 heterocycles. The predicted octanol–water partition coefficient (Wildman–Crippen LogP) is 2.57. The van der Waals surface area contributed by atoms with Gasteiger partial charge in [0.25, 0.3) is 0 Å². The zero-order valence-corrected chi connectivity index (χ0v) is 10.1. The maximum Gasteiger partial charge on any atom is 0.0693 e. The van der Waals surface area contributed by atoms with Crippen LogP contribution in [0.3, 0.4) is 0 Å². The molecule has 0 aliphatic rings. The van der Waals surface area contributed by atoms with Crippen molar-refractivity contribution in [2.24, 2.45) is 0 Å². The summed E-state index contributed by atoms with van der Waals surface area (Å²) in [7, 11) is 1.75. The van der Waals surface area contributed by atoms with Crippen LogP contribution < -0.4 is 5.32 Å². The Morgan fingerprint density at radius 3 is 2.64 bits per heavy atom. The Hall–Kier alpha value is -0.380. The highest BCUT2D eigenvalue weighted by Gasteiger charge is 2.10. The third-order valence-corrected chi connectivity index (χ3v) is 3.47. The Kier molecular flexibility index (Phi) is 4.58. The lowest BCUT2D eigenvalue weighted by atomic mass is 10.2. The number of rotatable bonds is 5. The molecule has 0 aromatic carbocycles. The van der Waals surface area contributed by atoms with Gasteiger partial charge in [0, 0.05) is 29.5 Å². The van der Waals surface area contributed by atoms with Gasteiger partial charge in [-0.3, -0.25) is 0 Å². The molecular formula is C11H19NOS. The molecule has 2 nitrogen and oxygen atoms in total. The second-order valence-corrected chi connectivity index (χ2v) is 5.00. The van der Waals surface area contributed by atoms with Crippen LogP contribution in [-0.4, -0.2) is 19.3 Å². The van der Waals surface area contributed by atoms with Gasteiger partial charge in [0.15, 0.2) is 0 Å². The van der Waals surface area contributed by atoms with E-state index in [0.29, 0.717) is 6.04 Å². The summed E-state index contributed by atoms with van der Waals surface area (Å²) in [4.78, 5) is 2.76. The molecule has 80 valence electrons. The van der Waals surface area contributed by atoms with Crippen molar-refractivity contribution in [3.63, 3.8) is 0 Å². The number of methoxy groups -OCH3 is 1. The summed E-state index contributed by atoms with van der Waals surface area (Å²) in [5.41, 5.74) is 0. The molecule has 2 unspecified atom stereocenters. The summed E-state index contributed by atoms with van der Waals surface area (Å²) in [5, 5.41) is 3.45. The van der Waals surface area contributed by atoms with Crippen molar-refractivity contribution in [3.8, 4) is 0 Å². The van der Waals surface area contributed by atoms with Crippen molar-refractivity contribution in [2.45, 2.75) is 39.5 Å². The van der Waals surface area contributed by atoms with E-state index in [2.05, 4.69) is 38.2 Å². The molecular weight excluding hydrogens is 194 g/mol. The van der Waals surface area contributed by atoms with Crippen molar-refractivity contribution in [3.05, 3.63) is 21.9 Å². The maximum absolute atomic E-state index is 5.25. The highest BCUT2D eigenvalue weighted by Crippen LogP contribution is 2.14. The molecule has 0 saturated heterocycles. The smallest absolute Gasteiger partial charge is 0.0693 e. The van der Waals surface area contributed by atoms with Gasteiger partial charge >= 0.3 is 0 Å². The molecule has 14 heavy (non-hydrogen) atoms. The van der Waals surface area contributed by atoms with Crippen LogP contribution in [0.25, 0.3) is 0 Å². The summed E-state index contributed by atoms with van der Waals surface area (Å²) >= 11 is 1.85. The van der Waals surface area contributed by atoms with Crippen LogP contribution in [0.15, 0.2) is 12.1 Å². The fourth-order valence-electron chi connectivity index (χ4n) is 1.21. The SMILES string of the molecule is COC(C)C(C)NCc1ccc(C)s1. The predicted molar refractivity (Wildman–Crippen MR) is 61.8 cm³/mol. The first-order valence-electron chi connectivity index (χ1n) is 4.95. The zero-order valence-electron chi connectivity index (χ0n) is 9.33. The van der Waals surface area contributed by atoms with Gasteiger partial charge in [0.05, 0.1) is 6.10 Å². The summed E-state index contributed by atoms with van der Waals surface area (Å²) in [6.45, 7) is 7.30. The third-order valence-electron chi connectivity index (χ3n) is 2.47. The number of hydrogen-bond acceptors (Lipinski definition) is 3. The number of hydrogen-bond donors (Lipinski definition) is 1. The molecule has 0 bridgehead atoms. The van der Waals surface area contributed by atoms with Gasteiger partial charge in [0.1, 0.15) is 0 Å². The van der Waals surface area contributed by atoms with E-state index >= 15 is 0 Å². The van der Waals surface area contributed by atoms with Crippen LogP contribution in [0.1, 0.15) is 23.6 Å². The van der Waals surface area contributed by atoms with Gasteiger partial charge in [-0.15, -0.1) is 11.3 Å². The van der Waals surface area contributed by atoms with Gasteiger partial charge < -0.3 is 10.1 Å². The number of thiophene rings is 1. The molecule has 1 rings (SSSR count). The van der Waals surface area contributed by atoms with E-state index in [-0.39, 0.29) is 6.10 Å². The Morgan fingerprint density at radius 2 is 2.14 bits per heavy atom. The normalized spacial score (nSPS) is 15.4. The molecule has 0 aliphatic heterocycles. The maximum atomic E-state index is 5.25. The van der Waals surface area contributed by atoms with Crippen molar-refractivity contribution in [1.29, 1.82) is 0 Å². The number of ether oxygens (including phenoxy) is 1. The fourth-order valence-corrected chi connectivity index (χ4v) is 2.05. The minimum absolute atomic E-state index is 0.260. The lowest BCUT2D eigenvalue weighted by Gasteiger charge is -2.19. The second-order valence-electron chi connectivity index (χ2n) is 3.62. The average Bonchev–Trinajstić information content (AvgIpc) is 2.59. The molecule has 0 amide bonds. The summed E-state index contributed by atoms with van der Waals surface area (Å²) in [6.07, 6.45) is 0.260. The number of aryl methyl sites for hydroxylation is 1. The van der Waals surface area contributed by atoms with E-state index in [9.17, 15) is 0 Å². The van der Waals surface area contributed by atoms with Gasteiger partial charge in [-0.05, 0) is 32.9 Å². The first kappa shape index (κ1) is 11.7. The fraction of sp³-hybridized carbons (Fsp3) is 0.636. The molecule has 0 aliphatic carbocycles. The first-order chi connectivity index (χ1) is 6.63. The van der Waals surface area contributed by atoms with Crippen LogP contribution >= 0.6 is 11.3 Å². The number of nitrogens with one attached hydrogen (secondary N) is 1. The Bertz CT molecular complexity index is 272. The topological polar surface area (TPSA) is 21.3 Å². The Labute approximate surface area is 90.3 Å². The minimum Gasteiger partial charge on any atom is -0.380 e. The van der Waals surface area contributed by atoms with Crippen LogP contribution in [-0.2, 0) is 11.3 Å². The van der Waals surface area contributed by atoms with Crippen LogP contribution in [0, 0.1) is 6.92 Å². The van der Waals surface area contributed by atoms with Gasteiger partial charge in [-0.25, -0.2) is 0 Å². The average molecular weight is 213 g/mol. The largest absolute Gasteiger partial charge is 0.380 e. The third kappa shape index (κ3) is 3.40. The molecule has 1 N–H and O–H groups in total. The monoisotopic (exact) mass is 213 g/mol. The van der Waals surface area contributed by atoms with Gasteiger partial charge in [0.2, 0.25) is 0 Å². The van der Waals surface area contributed by atoms with Crippen molar-refractivity contribution < 1.29 is 4.74 Å². The highest BCUT2D eigenvalue weighted by molar-refractivity contribution is 7.11. The lowest BCUT2D eigenvalue weighted by molar-refractivity contribution is 0.0883. The molecule has 1 aromatic heterocycles. The highest BCUT2D eigenvalue weighted by atomic mass is 32.1. The summed E-state index contributed by atoms with van der Waals surface area (Å²) < 4.78 is 5.25. The van der Waals surface area contributed by atoms with Gasteiger partial charge in [-0.2, -0.15) is 0 Å². The molecule has 0 spiro atoms. The minimum atomic E-state index is 0.260. The van der Waals surface area contributed by atoms with Crippen LogP contribution in [0.5, 0.6) is 0 Å². The Balaban J connectivity index is 2.33. The molecule has 1 aromatic rings. The van der Waals surface area contributed by atoms with E-state index in [1.54, 1.807) is 7.11 Å². The molecule has 0 saturated carbocycles. The van der Waals surface area contributed by atoms with Crippen LogP contribution in [0.4, 0.5) is 0 Å². The second kappa shape index (κ2) is 5.49. The first-order valence-corrected chi connectivity index (χ1v) is 5.76. The quantitative estimate of drug-likeness (QED) is 0.811. The van der Waals surface area contributed by atoms with E-state index in [1.165, 1.54) is 9.75 Å². The van der Waals surface area contributed by atoms with Crippen LogP contribution in [0.2, 0.25) is 0 Å². The van der Waals surface area contributed by atoms with Gasteiger partial charge in [-0.1, -0.05) is 0 Å². The van der Waals surface area contributed by atoms with E-state index in [1.807, 2.05) is 11.3 Å². The Morgan fingerprint density at radius 1 is 1.43 bits per heavy atom. The van der Waals surface area contributed by atoms with E-state index in [4.69, 9.17) is 4.74 Å². The van der Waals surface area contributed by atoms with Crippen molar-refractivity contribution in [2.75, 3.05) is 7.11 Å². The van der Waals surface area contributed by atoms with Crippen molar-refractivity contribution >= 4 is 11.3 Å².